The van der Waals surface area contributed by atoms with Crippen molar-refractivity contribution in [1.82, 2.24) is 24.3 Å². The van der Waals surface area contributed by atoms with Gasteiger partial charge in [-0.1, -0.05) is 0 Å². The van der Waals surface area contributed by atoms with Gasteiger partial charge >= 0.3 is 0 Å². The van der Waals surface area contributed by atoms with Crippen LogP contribution < -0.4 is 5.32 Å². The van der Waals surface area contributed by atoms with E-state index in [0.717, 1.165) is 43.2 Å². The van der Waals surface area contributed by atoms with Crippen LogP contribution in [-0.4, -0.2) is 30.9 Å². The van der Waals surface area contributed by atoms with E-state index in [9.17, 15) is 0 Å². The van der Waals surface area contributed by atoms with Gasteiger partial charge in [0.05, 0.1) is 0 Å². The van der Waals surface area contributed by atoms with Gasteiger partial charge in [-0.05, 0) is 18.9 Å². The molecular weight excluding hydrogens is 240 g/mol. The van der Waals surface area contributed by atoms with Gasteiger partial charge in [0.1, 0.15) is 11.6 Å². The van der Waals surface area contributed by atoms with Gasteiger partial charge in [0.15, 0.2) is 0 Å². The van der Waals surface area contributed by atoms with Crippen LogP contribution in [-0.2, 0) is 6.42 Å². The maximum absolute atomic E-state index is 4.21. The van der Waals surface area contributed by atoms with Crippen molar-refractivity contribution >= 4 is 11.6 Å². The lowest BCUT2D eigenvalue weighted by atomic mass is 10.2. The highest BCUT2D eigenvalue weighted by molar-refractivity contribution is 5.43. The number of anilines is 1. The monoisotopic (exact) mass is 256 g/mol. The summed E-state index contributed by atoms with van der Waals surface area (Å²) in [6.45, 7) is 0.929. The van der Waals surface area contributed by atoms with Crippen molar-refractivity contribution in [3.8, 4) is 0 Å². The molecule has 0 saturated carbocycles. The first-order valence-corrected chi connectivity index (χ1v) is 6.44. The minimum atomic E-state index is 0.723. The molecule has 0 atom stereocenters. The first kappa shape index (κ1) is 11.7. The number of hydrogen-bond acceptors (Lipinski definition) is 4. The van der Waals surface area contributed by atoms with E-state index < -0.39 is 0 Å². The van der Waals surface area contributed by atoms with Crippen LogP contribution in [0.5, 0.6) is 0 Å². The molecule has 0 spiro atoms. The van der Waals surface area contributed by atoms with E-state index in [4.69, 9.17) is 0 Å². The van der Waals surface area contributed by atoms with E-state index in [1.165, 1.54) is 0 Å². The second-order valence-electron chi connectivity index (χ2n) is 4.35. The van der Waals surface area contributed by atoms with Gasteiger partial charge in [0, 0.05) is 43.9 Å². The molecule has 0 aromatic carbocycles. The standard InChI is InChI=1S/C13H16N6/c1(3-11-14-7-8-15-11)2-5-16-12-4-6-17-13-18-9-10-19(12)13/h4,6-10,16H,1-3,5H2,(H,14,15). The molecule has 0 bridgehead atoms. The van der Waals surface area contributed by atoms with Gasteiger partial charge in [-0.25, -0.2) is 15.0 Å². The number of aryl methyl sites for hydroxylation is 1. The van der Waals surface area contributed by atoms with Gasteiger partial charge in [0.2, 0.25) is 5.78 Å². The highest BCUT2D eigenvalue weighted by atomic mass is 15.1. The second kappa shape index (κ2) is 5.51. The summed E-state index contributed by atoms with van der Waals surface area (Å²) in [4.78, 5) is 15.7. The Morgan fingerprint density at radius 3 is 2.95 bits per heavy atom. The van der Waals surface area contributed by atoms with Crippen LogP contribution in [0.25, 0.3) is 5.78 Å². The molecule has 98 valence electrons. The SMILES string of the molecule is c1c[nH]c(CCCCNc2ccnc3nccn23)n1. The molecule has 3 aromatic rings. The Balaban J connectivity index is 1.48. The number of aromatic amines is 1. The summed E-state index contributed by atoms with van der Waals surface area (Å²) in [7, 11) is 0. The van der Waals surface area contributed by atoms with E-state index in [2.05, 4.69) is 25.3 Å². The predicted molar refractivity (Wildman–Crippen MR) is 73.0 cm³/mol. The Morgan fingerprint density at radius 1 is 1.11 bits per heavy atom. The number of unbranched alkanes of at least 4 members (excludes halogenated alkanes) is 1. The lowest BCUT2D eigenvalue weighted by Crippen LogP contribution is -2.06. The number of nitrogens with one attached hydrogen (secondary N) is 2. The Bertz CT molecular complexity index is 627. The smallest absolute Gasteiger partial charge is 0.235 e. The molecule has 0 amide bonds. The number of rotatable bonds is 6. The van der Waals surface area contributed by atoms with Crippen LogP contribution in [0.15, 0.2) is 37.1 Å². The summed E-state index contributed by atoms with van der Waals surface area (Å²) >= 11 is 0. The molecule has 2 N–H and O–H groups in total. The summed E-state index contributed by atoms with van der Waals surface area (Å²) in [6, 6.07) is 1.96. The Hall–Kier alpha value is -2.37. The molecule has 0 saturated heterocycles. The average molecular weight is 256 g/mol. The Morgan fingerprint density at radius 2 is 2.05 bits per heavy atom. The van der Waals surface area contributed by atoms with Crippen LogP contribution in [0.2, 0.25) is 0 Å². The van der Waals surface area contributed by atoms with E-state index in [-0.39, 0.29) is 0 Å². The second-order valence-corrected chi connectivity index (χ2v) is 4.35. The topological polar surface area (TPSA) is 70.9 Å². The first-order chi connectivity index (χ1) is 9.43. The molecule has 3 heterocycles. The van der Waals surface area contributed by atoms with Gasteiger partial charge in [-0.3, -0.25) is 4.40 Å². The molecule has 3 aromatic heterocycles. The van der Waals surface area contributed by atoms with Crippen LogP contribution >= 0.6 is 0 Å². The third-order valence-corrected chi connectivity index (χ3v) is 3.00. The van der Waals surface area contributed by atoms with E-state index in [1.54, 1.807) is 18.6 Å². The number of aromatic nitrogens is 5. The van der Waals surface area contributed by atoms with Gasteiger partial charge in [-0.2, -0.15) is 0 Å². The third kappa shape index (κ3) is 2.73. The van der Waals surface area contributed by atoms with Crippen molar-refractivity contribution in [3.05, 3.63) is 42.9 Å². The number of fused-ring (bicyclic) bond motifs is 1. The van der Waals surface area contributed by atoms with Gasteiger partial charge < -0.3 is 10.3 Å². The van der Waals surface area contributed by atoms with Crippen LogP contribution in [0.3, 0.4) is 0 Å². The molecule has 19 heavy (non-hydrogen) atoms. The highest BCUT2D eigenvalue weighted by Crippen LogP contribution is 2.08. The van der Waals surface area contributed by atoms with Crippen LogP contribution in [0.4, 0.5) is 5.82 Å². The molecule has 0 aliphatic rings. The molecule has 0 fully saturated rings. The minimum absolute atomic E-state index is 0.723. The minimum Gasteiger partial charge on any atom is -0.371 e. The van der Waals surface area contributed by atoms with Crippen molar-refractivity contribution < 1.29 is 0 Å². The zero-order valence-corrected chi connectivity index (χ0v) is 10.6. The summed E-state index contributed by atoms with van der Waals surface area (Å²) in [6.07, 6.45) is 12.3. The van der Waals surface area contributed by atoms with Crippen molar-refractivity contribution in [2.45, 2.75) is 19.3 Å². The summed E-state index contributed by atoms with van der Waals surface area (Å²) in [5.74, 6) is 2.81. The van der Waals surface area contributed by atoms with E-state index in [1.807, 2.05) is 22.9 Å². The quantitative estimate of drug-likeness (QED) is 0.661. The van der Waals surface area contributed by atoms with Crippen molar-refractivity contribution in [2.24, 2.45) is 0 Å². The van der Waals surface area contributed by atoms with Gasteiger partial charge in [-0.15, -0.1) is 0 Å². The summed E-state index contributed by atoms with van der Waals surface area (Å²) in [5.41, 5.74) is 0. The largest absolute Gasteiger partial charge is 0.371 e. The lowest BCUT2D eigenvalue weighted by molar-refractivity contribution is 0.735. The van der Waals surface area contributed by atoms with Crippen molar-refractivity contribution in [3.63, 3.8) is 0 Å². The Kier molecular flexibility index (Phi) is 3.40. The predicted octanol–water partition coefficient (Wildman–Crippen LogP) is 1.89. The number of nitrogens with zero attached hydrogens (tertiary/aromatic N) is 4. The number of hydrogen-bond donors (Lipinski definition) is 2. The number of H-pyrrole nitrogens is 1. The molecule has 0 unspecified atom stereocenters. The average Bonchev–Trinajstić information content (AvgIpc) is 3.09. The zero-order valence-electron chi connectivity index (χ0n) is 10.6. The number of imidazole rings is 2. The first-order valence-electron chi connectivity index (χ1n) is 6.44. The fourth-order valence-corrected chi connectivity index (χ4v) is 2.05. The van der Waals surface area contributed by atoms with Crippen molar-refractivity contribution in [1.29, 1.82) is 0 Å². The Labute approximate surface area is 110 Å². The molecule has 6 heteroatoms. The lowest BCUT2D eigenvalue weighted by Gasteiger charge is -2.07. The van der Waals surface area contributed by atoms with Crippen LogP contribution in [0.1, 0.15) is 18.7 Å². The maximum Gasteiger partial charge on any atom is 0.235 e. The third-order valence-electron chi connectivity index (χ3n) is 3.00. The molecular formula is C13H16N6. The van der Waals surface area contributed by atoms with Gasteiger partial charge in [0.25, 0.3) is 0 Å². The molecule has 3 rings (SSSR count). The molecule has 0 aliphatic heterocycles. The maximum atomic E-state index is 4.21. The molecule has 6 nitrogen and oxygen atoms in total. The fraction of sp³-hybridized carbons (Fsp3) is 0.308. The summed E-state index contributed by atoms with van der Waals surface area (Å²) in [5, 5.41) is 3.41. The van der Waals surface area contributed by atoms with Crippen molar-refractivity contribution in [2.75, 3.05) is 11.9 Å². The highest BCUT2D eigenvalue weighted by Gasteiger charge is 2.00. The summed E-state index contributed by atoms with van der Waals surface area (Å²) < 4.78 is 1.95. The van der Waals surface area contributed by atoms with Crippen LogP contribution in [0, 0.1) is 0 Å². The normalized spacial score (nSPS) is 10.9. The molecule has 0 radical (unpaired) electrons. The zero-order chi connectivity index (χ0) is 12.9. The van der Waals surface area contributed by atoms with E-state index in [0.29, 0.717) is 0 Å². The fourth-order valence-electron chi connectivity index (χ4n) is 2.05. The molecule has 0 aliphatic carbocycles. The van der Waals surface area contributed by atoms with E-state index >= 15 is 0 Å².